The number of hydrogen-bond donors (Lipinski definition) is 1. The van der Waals surface area contributed by atoms with Gasteiger partial charge in [-0.25, -0.2) is 9.97 Å². The Balaban J connectivity index is 1.87. The lowest BCUT2D eigenvalue weighted by molar-refractivity contribution is 0.662. The minimum Gasteiger partial charge on any atom is -0.305 e. The molecular weight excluding hydrogens is 200 g/mol. The Morgan fingerprint density at radius 3 is 2.81 bits per heavy atom. The molecule has 2 aromatic heterocycles. The summed E-state index contributed by atoms with van der Waals surface area (Å²) in [5.41, 5.74) is 3.28. The van der Waals surface area contributed by atoms with E-state index in [9.17, 15) is 0 Å². The Bertz CT molecular complexity index is 442. The van der Waals surface area contributed by atoms with Crippen molar-refractivity contribution >= 4 is 0 Å². The molecule has 0 aliphatic heterocycles. The maximum Gasteiger partial charge on any atom is 0.115 e. The smallest absolute Gasteiger partial charge is 0.115 e. The molecule has 0 saturated heterocycles. The second kappa shape index (κ2) is 5.32. The van der Waals surface area contributed by atoms with Crippen LogP contribution in [0.4, 0.5) is 0 Å². The van der Waals surface area contributed by atoms with E-state index in [1.54, 1.807) is 12.5 Å². The van der Waals surface area contributed by atoms with Gasteiger partial charge in [-0.1, -0.05) is 6.07 Å². The molecule has 0 fully saturated rings. The van der Waals surface area contributed by atoms with Crippen LogP contribution in [0.2, 0.25) is 0 Å². The van der Waals surface area contributed by atoms with Crippen LogP contribution in [0.1, 0.15) is 17.0 Å². The number of aromatic nitrogens is 3. The molecule has 4 heteroatoms. The maximum absolute atomic E-state index is 4.31. The molecule has 16 heavy (non-hydrogen) atoms. The summed E-state index contributed by atoms with van der Waals surface area (Å²) in [5, 5.41) is 3.31. The third-order valence-corrected chi connectivity index (χ3v) is 2.36. The first kappa shape index (κ1) is 10.7. The summed E-state index contributed by atoms with van der Waals surface area (Å²) in [4.78, 5) is 12.3. The molecule has 0 aliphatic carbocycles. The van der Waals surface area contributed by atoms with Gasteiger partial charge in [0.05, 0.1) is 11.4 Å². The predicted octanol–water partition coefficient (Wildman–Crippen LogP) is 1.47. The average molecular weight is 214 g/mol. The monoisotopic (exact) mass is 214 g/mol. The summed E-state index contributed by atoms with van der Waals surface area (Å²) >= 11 is 0. The average Bonchev–Trinajstić information content (AvgIpc) is 2.33. The molecule has 2 heterocycles. The molecule has 0 bridgehead atoms. The van der Waals surface area contributed by atoms with Crippen LogP contribution in [0.3, 0.4) is 0 Å². The third kappa shape index (κ3) is 2.84. The van der Waals surface area contributed by atoms with E-state index in [0.29, 0.717) is 0 Å². The van der Waals surface area contributed by atoms with Gasteiger partial charge in [0.1, 0.15) is 6.33 Å². The molecule has 0 amide bonds. The van der Waals surface area contributed by atoms with Gasteiger partial charge in [-0.05, 0) is 24.6 Å². The van der Waals surface area contributed by atoms with Crippen molar-refractivity contribution in [3.05, 3.63) is 53.9 Å². The summed E-state index contributed by atoms with van der Waals surface area (Å²) in [6, 6.07) is 5.91. The number of nitrogens with zero attached hydrogens (tertiary/aromatic N) is 3. The van der Waals surface area contributed by atoms with Crippen LogP contribution in [0.25, 0.3) is 0 Å². The maximum atomic E-state index is 4.31. The van der Waals surface area contributed by atoms with Crippen LogP contribution in [0.5, 0.6) is 0 Å². The first-order chi connectivity index (χ1) is 7.86. The summed E-state index contributed by atoms with van der Waals surface area (Å²) < 4.78 is 0. The number of hydrogen-bond acceptors (Lipinski definition) is 4. The Labute approximate surface area is 94.8 Å². The van der Waals surface area contributed by atoms with Crippen LogP contribution in [0.15, 0.2) is 36.9 Å². The first-order valence-electron chi connectivity index (χ1n) is 5.22. The van der Waals surface area contributed by atoms with Gasteiger partial charge >= 0.3 is 0 Å². The fourth-order valence-corrected chi connectivity index (χ4v) is 1.44. The normalized spacial score (nSPS) is 10.3. The lowest BCUT2D eigenvalue weighted by Crippen LogP contribution is -2.15. The molecule has 0 radical (unpaired) electrons. The molecule has 0 spiro atoms. The quantitative estimate of drug-likeness (QED) is 0.837. The number of pyridine rings is 1. The number of nitrogens with one attached hydrogen (secondary N) is 1. The summed E-state index contributed by atoms with van der Waals surface area (Å²) in [6.07, 6.45) is 5.12. The SMILES string of the molecule is Cc1cccnc1CNCc1ccncn1. The first-order valence-corrected chi connectivity index (χ1v) is 5.22. The van der Waals surface area contributed by atoms with Crippen molar-refractivity contribution in [3.63, 3.8) is 0 Å². The van der Waals surface area contributed by atoms with Crippen molar-refractivity contribution in [1.82, 2.24) is 20.3 Å². The molecule has 4 nitrogen and oxygen atoms in total. The Morgan fingerprint density at radius 2 is 2.06 bits per heavy atom. The second-order valence-electron chi connectivity index (χ2n) is 3.57. The van der Waals surface area contributed by atoms with Gasteiger partial charge in [-0.15, -0.1) is 0 Å². The topological polar surface area (TPSA) is 50.7 Å². The van der Waals surface area contributed by atoms with Crippen LogP contribution in [-0.2, 0) is 13.1 Å². The van der Waals surface area contributed by atoms with Crippen LogP contribution in [0, 0.1) is 6.92 Å². The zero-order chi connectivity index (χ0) is 11.2. The van der Waals surface area contributed by atoms with E-state index in [1.807, 2.05) is 18.3 Å². The van der Waals surface area contributed by atoms with Crippen molar-refractivity contribution in [1.29, 1.82) is 0 Å². The van der Waals surface area contributed by atoms with Crippen molar-refractivity contribution in [2.75, 3.05) is 0 Å². The van der Waals surface area contributed by atoms with Gasteiger partial charge in [0.2, 0.25) is 0 Å². The van der Waals surface area contributed by atoms with E-state index in [-0.39, 0.29) is 0 Å². The minimum atomic E-state index is 0.735. The zero-order valence-electron chi connectivity index (χ0n) is 9.22. The van der Waals surface area contributed by atoms with E-state index in [2.05, 4.69) is 33.3 Å². The predicted molar refractivity (Wildman–Crippen MR) is 61.5 cm³/mol. The van der Waals surface area contributed by atoms with Crippen molar-refractivity contribution in [3.8, 4) is 0 Å². The molecule has 0 unspecified atom stereocenters. The largest absolute Gasteiger partial charge is 0.305 e. The van der Waals surface area contributed by atoms with Crippen molar-refractivity contribution in [2.24, 2.45) is 0 Å². The number of aryl methyl sites for hydroxylation is 1. The molecule has 2 aromatic rings. The minimum absolute atomic E-state index is 0.735. The fourth-order valence-electron chi connectivity index (χ4n) is 1.44. The van der Waals surface area contributed by atoms with Crippen LogP contribution in [-0.4, -0.2) is 15.0 Å². The molecule has 2 rings (SSSR count). The summed E-state index contributed by atoms with van der Waals surface area (Å²) in [5.74, 6) is 0. The highest BCUT2D eigenvalue weighted by molar-refractivity contribution is 5.17. The van der Waals surface area contributed by atoms with Gasteiger partial charge in [0, 0.05) is 25.5 Å². The van der Waals surface area contributed by atoms with E-state index >= 15 is 0 Å². The van der Waals surface area contributed by atoms with Gasteiger partial charge in [-0.3, -0.25) is 4.98 Å². The molecule has 1 N–H and O–H groups in total. The highest BCUT2D eigenvalue weighted by Crippen LogP contribution is 2.02. The van der Waals surface area contributed by atoms with Crippen molar-refractivity contribution in [2.45, 2.75) is 20.0 Å². The standard InChI is InChI=1S/C12H14N4/c1-10-3-2-5-15-12(10)8-14-7-11-4-6-13-9-16-11/h2-6,9,14H,7-8H2,1H3. The third-order valence-electron chi connectivity index (χ3n) is 2.36. The van der Waals surface area contributed by atoms with E-state index in [4.69, 9.17) is 0 Å². The van der Waals surface area contributed by atoms with Gasteiger partial charge in [0.25, 0.3) is 0 Å². The van der Waals surface area contributed by atoms with E-state index < -0.39 is 0 Å². The fraction of sp³-hybridized carbons (Fsp3) is 0.250. The Kier molecular flexibility index (Phi) is 3.56. The van der Waals surface area contributed by atoms with Gasteiger partial charge < -0.3 is 5.32 Å². The Morgan fingerprint density at radius 1 is 1.12 bits per heavy atom. The molecule has 0 aromatic carbocycles. The second-order valence-corrected chi connectivity index (χ2v) is 3.57. The van der Waals surface area contributed by atoms with Crippen LogP contribution >= 0.6 is 0 Å². The summed E-state index contributed by atoms with van der Waals surface area (Å²) in [6.45, 7) is 3.56. The number of rotatable bonds is 4. The highest BCUT2D eigenvalue weighted by Gasteiger charge is 1.98. The van der Waals surface area contributed by atoms with E-state index in [1.165, 1.54) is 5.56 Å². The molecule has 0 saturated carbocycles. The van der Waals surface area contributed by atoms with Crippen LogP contribution < -0.4 is 5.32 Å². The lowest BCUT2D eigenvalue weighted by Gasteiger charge is -2.05. The molecule has 0 atom stereocenters. The Hall–Kier alpha value is -1.81. The van der Waals surface area contributed by atoms with Gasteiger partial charge in [-0.2, -0.15) is 0 Å². The lowest BCUT2D eigenvalue weighted by atomic mass is 10.2. The van der Waals surface area contributed by atoms with Gasteiger partial charge in [0.15, 0.2) is 0 Å². The van der Waals surface area contributed by atoms with Crippen molar-refractivity contribution < 1.29 is 0 Å². The molecule has 0 aliphatic rings. The summed E-state index contributed by atoms with van der Waals surface area (Å²) in [7, 11) is 0. The van der Waals surface area contributed by atoms with E-state index in [0.717, 1.165) is 24.5 Å². The zero-order valence-corrected chi connectivity index (χ0v) is 9.22. The molecule has 82 valence electrons. The highest BCUT2D eigenvalue weighted by atomic mass is 14.9. The molecular formula is C12H14N4.